The van der Waals surface area contributed by atoms with Crippen LogP contribution in [-0.2, 0) is 11.2 Å². The normalized spacial score (nSPS) is 10.8. The summed E-state index contributed by atoms with van der Waals surface area (Å²) in [5.74, 6) is 0.987. The minimum atomic E-state index is -0.0582. The number of ketones is 1. The Hall–Kier alpha value is -1.91. The molecular weight excluding hydrogens is 547 g/mol. The number of carbonyl (C=O) groups excluding carboxylic acids is 2. The summed E-state index contributed by atoms with van der Waals surface area (Å²) in [5, 5.41) is 12.8. The summed E-state index contributed by atoms with van der Waals surface area (Å²) in [6, 6.07) is 13.3. The second-order valence-corrected chi connectivity index (χ2v) is 9.57. The molecule has 0 unspecified atom stereocenters. The number of nitrogens with one attached hydrogen (secondary N) is 1. The van der Waals surface area contributed by atoms with Crippen molar-refractivity contribution in [3.63, 3.8) is 0 Å². The highest BCUT2D eigenvalue weighted by Gasteiger charge is 2.17. The molecular formula is C22H22ClIN4O2S. The molecule has 0 aliphatic heterocycles. The first-order chi connectivity index (χ1) is 14.8. The van der Waals surface area contributed by atoms with E-state index in [0.717, 1.165) is 27.1 Å². The van der Waals surface area contributed by atoms with E-state index in [9.17, 15) is 9.59 Å². The van der Waals surface area contributed by atoms with Crippen LogP contribution in [0.4, 0.5) is 0 Å². The molecule has 0 fully saturated rings. The number of thioether (sulfide) groups is 1. The van der Waals surface area contributed by atoms with Gasteiger partial charge in [0.25, 0.3) is 0 Å². The molecule has 0 aliphatic rings. The molecule has 0 spiro atoms. The van der Waals surface area contributed by atoms with Crippen LogP contribution in [0, 0.1) is 10.5 Å². The minimum absolute atomic E-state index is 0.0325. The third kappa shape index (κ3) is 6.54. The van der Waals surface area contributed by atoms with Gasteiger partial charge in [-0.15, -0.1) is 10.2 Å². The van der Waals surface area contributed by atoms with Crippen LogP contribution in [0.25, 0.3) is 5.69 Å². The van der Waals surface area contributed by atoms with Crippen LogP contribution in [0.3, 0.4) is 0 Å². The monoisotopic (exact) mass is 568 g/mol. The molecule has 31 heavy (non-hydrogen) atoms. The minimum Gasteiger partial charge on any atom is -0.356 e. The van der Waals surface area contributed by atoms with Crippen molar-refractivity contribution in [1.82, 2.24) is 20.1 Å². The third-order valence-corrected chi connectivity index (χ3v) is 6.62. The molecule has 0 atom stereocenters. The van der Waals surface area contributed by atoms with Crippen molar-refractivity contribution >= 4 is 57.6 Å². The first kappa shape index (κ1) is 23.7. The summed E-state index contributed by atoms with van der Waals surface area (Å²) in [6.07, 6.45) is 1.36. The van der Waals surface area contributed by atoms with E-state index in [0.29, 0.717) is 28.7 Å². The summed E-state index contributed by atoms with van der Waals surface area (Å²) in [4.78, 5) is 23.7. The number of hydrogen-bond donors (Lipinski definition) is 1. The van der Waals surface area contributed by atoms with Crippen molar-refractivity contribution in [2.75, 3.05) is 12.3 Å². The Kier molecular flexibility index (Phi) is 8.50. The number of halogens is 2. The van der Waals surface area contributed by atoms with Crippen LogP contribution in [0.5, 0.6) is 0 Å². The molecule has 162 valence electrons. The van der Waals surface area contributed by atoms with E-state index in [-0.39, 0.29) is 17.4 Å². The van der Waals surface area contributed by atoms with Crippen LogP contribution in [0.15, 0.2) is 47.6 Å². The van der Waals surface area contributed by atoms with Crippen molar-refractivity contribution in [2.24, 2.45) is 0 Å². The summed E-state index contributed by atoms with van der Waals surface area (Å²) in [7, 11) is 0. The fourth-order valence-corrected chi connectivity index (χ4v) is 4.30. The fourth-order valence-electron chi connectivity index (χ4n) is 2.90. The summed E-state index contributed by atoms with van der Waals surface area (Å²) in [5.41, 5.74) is 2.50. The van der Waals surface area contributed by atoms with Crippen LogP contribution >= 0.6 is 46.0 Å². The van der Waals surface area contributed by atoms with Gasteiger partial charge >= 0.3 is 0 Å². The molecule has 0 bridgehead atoms. The van der Waals surface area contributed by atoms with E-state index in [1.807, 2.05) is 54.0 Å². The Morgan fingerprint density at radius 2 is 1.90 bits per heavy atom. The van der Waals surface area contributed by atoms with Crippen molar-refractivity contribution in [2.45, 2.75) is 31.8 Å². The molecule has 0 saturated carbocycles. The maximum Gasteiger partial charge on any atom is 0.216 e. The zero-order valence-electron chi connectivity index (χ0n) is 17.2. The van der Waals surface area contributed by atoms with Gasteiger partial charge in [0.15, 0.2) is 10.9 Å². The molecule has 1 heterocycles. The van der Waals surface area contributed by atoms with E-state index in [1.54, 1.807) is 0 Å². The summed E-state index contributed by atoms with van der Waals surface area (Å²) >= 11 is 9.92. The number of hydrogen-bond acceptors (Lipinski definition) is 5. The molecule has 0 radical (unpaired) electrons. The smallest absolute Gasteiger partial charge is 0.216 e. The molecule has 2 aromatic carbocycles. The quantitative estimate of drug-likeness (QED) is 0.172. The average molecular weight is 569 g/mol. The van der Waals surface area contributed by atoms with E-state index in [1.165, 1.54) is 18.7 Å². The number of aromatic nitrogens is 3. The van der Waals surface area contributed by atoms with E-state index >= 15 is 0 Å². The van der Waals surface area contributed by atoms with Crippen molar-refractivity contribution in [1.29, 1.82) is 0 Å². The van der Waals surface area contributed by atoms with E-state index in [2.05, 4.69) is 38.1 Å². The maximum atomic E-state index is 12.6. The second kappa shape index (κ2) is 11.1. The average Bonchev–Trinajstić information content (AvgIpc) is 3.14. The summed E-state index contributed by atoms with van der Waals surface area (Å²) < 4.78 is 3.02. The van der Waals surface area contributed by atoms with Crippen molar-refractivity contribution in [3.05, 3.63) is 68.0 Å². The van der Waals surface area contributed by atoms with Crippen LogP contribution in [-0.4, -0.2) is 38.8 Å². The highest BCUT2D eigenvalue weighted by atomic mass is 127. The Bertz CT molecular complexity index is 1090. The van der Waals surface area contributed by atoms with Gasteiger partial charge in [0.1, 0.15) is 5.82 Å². The van der Waals surface area contributed by atoms with Gasteiger partial charge in [-0.25, -0.2) is 0 Å². The standard InChI is InChI=1S/C22H22ClIN4O2S/c1-14-5-10-18(12-19(14)23)28-21(4-3-11-25-15(2)29)26-27-22(28)31-13-20(30)16-6-8-17(24)9-7-16/h5-10,12H,3-4,11,13H2,1-2H3,(H,25,29). The lowest BCUT2D eigenvalue weighted by molar-refractivity contribution is -0.118. The molecule has 3 aromatic rings. The number of nitrogens with zero attached hydrogens (tertiary/aromatic N) is 3. The highest BCUT2D eigenvalue weighted by molar-refractivity contribution is 14.1. The molecule has 6 nitrogen and oxygen atoms in total. The largest absolute Gasteiger partial charge is 0.356 e. The van der Waals surface area contributed by atoms with Gasteiger partial charge in [0.05, 0.1) is 11.4 Å². The first-order valence-electron chi connectivity index (χ1n) is 9.72. The number of Topliss-reactive ketones (excluding diaryl/α,β-unsaturated/α-hetero) is 1. The van der Waals surface area contributed by atoms with E-state index < -0.39 is 0 Å². The Balaban J connectivity index is 1.81. The Morgan fingerprint density at radius 3 is 2.58 bits per heavy atom. The van der Waals surface area contributed by atoms with Gasteiger partial charge in [-0.3, -0.25) is 14.2 Å². The van der Waals surface area contributed by atoms with Gasteiger partial charge in [0, 0.05) is 34.0 Å². The molecule has 3 rings (SSSR count). The predicted octanol–water partition coefficient (Wildman–Crippen LogP) is 4.88. The highest BCUT2D eigenvalue weighted by Crippen LogP contribution is 2.26. The lowest BCUT2D eigenvalue weighted by Gasteiger charge is -2.12. The molecule has 9 heteroatoms. The number of carbonyl (C=O) groups is 2. The molecule has 0 saturated heterocycles. The lowest BCUT2D eigenvalue weighted by Crippen LogP contribution is -2.21. The van der Waals surface area contributed by atoms with E-state index in [4.69, 9.17) is 11.6 Å². The Morgan fingerprint density at radius 1 is 1.16 bits per heavy atom. The zero-order valence-corrected chi connectivity index (χ0v) is 20.9. The predicted molar refractivity (Wildman–Crippen MR) is 132 cm³/mol. The zero-order chi connectivity index (χ0) is 22.4. The molecule has 1 N–H and O–H groups in total. The van der Waals surface area contributed by atoms with Crippen LogP contribution in [0.2, 0.25) is 5.02 Å². The molecule has 0 aliphatic carbocycles. The van der Waals surface area contributed by atoms with Gasteiger partial charge < -0.3 is 5.32 Å². The number of rotatable bonds is 9. The topological polar surface area (TPSA) is 76.9 Å². The fraction of sp³-hybridized carbons (Fsp3) is 0.273. The SMILES string of the molecule is CC(=O)NCCCc1nnc(SCC(=O)c2ccc(I)cc2)n1-c1ccc(C)c(Cl)c1. The van der Waals surface area contributed by atoms with Gasteiger partial charge in [-0.05, 0) is 65.8 Å². The number of amides is 1. The van der Waals surface area contributed by atoms with Gasteiger partial charge in [-0.1, -0.05) is 41.6 Å². The Labute approximate surface area is 204 Å². The maximum absolute atomic E-state index is 12.6. The van der Waals surface area contributed by atoms with Gasteiger partial charge in [-0.2, -0.15) is 0 Å². The van der Waals surface area contributed by atoms with Crippen LogP contribution < -0.4 is 5.32 Å². The molecule has 1 aromatic heterocycles. The van der Waals surface area contributed by atoms with Crippen molar-refractivity contribution in [3.8, 4) is 5.69 Å². The summed E-state index contributed by atoms with van der Waals surface area (Å²) in [6.45, 7) is 4.00. The van der Waals surface area contributed by atoms with Gasteiger partial charge in [0.2, 0.25) is 5.91 Å². The first-order valence-corrected chi connectivity index (χ1v) is 12.2. The second-order valence-electron chi connectivity index (χ2n) is 6.97. The van der Waals surface area contributed by atoms with Crippen molar-refractivity contribution < 1.29 is 9.59 Å². The third-order valence-electron chi connectivity index (χ3n) is 4.56. The molecule has 1 amide bonds. The number of aryl methyl sites for hydroxylation is 2. The lowest BCUT2D eigenvalue weighted by atomic mass is 10.2. The van der Waals surface area contributed by atoms with Crippen LogP contribution in [0.1, 0.15) is 35.1 Å². The number of benzene rings is 2.